The Hall–Kier alpha value is -5.10. The zero-order valence-corrected chi connectivity index (χ0v) is 26.2. The van der Waals surface area contributed by atoms with Crippen LogP contribution in [0.4, 0.5) is 17.6 Å². The number of piperidine rings is 1. The second kappa shape index (κ2) is 14.1. The number of amides is 1. The van der Waals surface area contributed by atoms with Crippen LogP contribution in [-0.2, 0) is 11.3 Å². The van der Waals surface area contributed by atoms with Crippen molar-refractivity contribution in [2.45, 2.75) is 32.2 Å². The minimum atomic E-state index is -2.68. The van der Waals surface area contributed by atoms with Crippen molar-refractivity contribution < 1.29 is 26.8 Å². The monoisotopic (exact) mass is 661 g/mol. The molecule has 1 saturated heterocycles. The minimum absolute atomic E-state index is 0.0430. The topological polar surface area (TPSA) is 96.7 Å². The first kappa shape index (κ1) is 33.3. The molecule has 3 heterocycles. The maximum absolute atomic E-state index is 15.0. The zero-order chi connectivity index (χ0) is 33.7. The summed E-state index contributed by atoms with van der Waals surface area (Å²) >= 11 is 5.56. The summed E-state index contributed by atoms with van der Waals surface area (Å²) in [4.78, 5) is 22.8. The van der Waals surface area contributed by atoms with Gasteiger partial charge in [0.25, 0.3) is 5.92 Å². The summed E-state index contributed by atoms with van der Waals surface area (Å²) in [6.07, 6.45) is 7.29. The van der Waals surface area contributed by atoms with Crippen molar-refractivity contribution in [1.29, 1.82) is 0 Å². The number of hydrogen-bond acceptors (Lipinski definition) is 6. The largest absolute Gasteiger partial charge is 0.459 e. The molecule has 0 spiro atoms. The molecule has 0 radical (unpaired) electrons. The van der Waals surface area contributed by atoms with Crippen LogP contribution in [-0.4, -0.2) is 46.5 Å². The first-order valence-corrected chi connectivity index (χ1v) is 15.1. The van der Waals surface area contributed by atoms with Gasteiger partial charge in [0.05, 0.1) is 12.2 Å². The molecule has 1 fully saturated rings. The minimum Gasteiger partial charge on any atom is -0.459 e. The van der Waals surface area contributed by atoms with Crippen molar-refractivity contribution in [3.05, 3.63) is 113 Å². The number of pyridine rings is 1. The highest BCUT2D eigenvalue weighted by atomic mass is 32.1. The molecule has 1 aliphatic heterocycles. The average Bonchev–Trinajstić information content (AvgIpc) is 3.48. The SMILES string of the molecule is C=N\C(N)=C/C=C(C)/C=C/C(=O)NCc1cc2cc(-c3ccc(C(=S)N4CCC(F)(F)CC4)cn3)cc(-c3ccc(F)cc3F)c2o1. The van der Waals surface area contributed by atoms with E-state index >= 15 is 4.39 Å². The average molecular weight is 662 g/mol. The number of carbonyl (C=O) groups excluding carboxylic acids is 1. The lowest BCUT2D eigenvalue weighted by Crippen LogP contribution is -2.42. The van der Waals surface area contributed by atoms with E-state index in [1.54, 1.807) is 60.5 Å². The van der Waals surface area contributed by atoms with Crippen LogP contribution in [0, 0.1) is 11.6 Å². The molecular formula is C35H31F4N5O2S. The molecule has 242 valence electrons. The number of allylic oxidation sites excluding steroid dienone is 4. The fourth-order valence-electron chi connectivity index (χ4n) is 5.03. The Morgan fingerprint density at radius 3 is 2.55 bits per heavy atom. The van der Waals surface area contributed by atoms with Crippen LogP contribution in [0.2, 0.25) is 0 Å². The van der Waals surface area contributed by atoms with Gasteiger partial charge in [-0.25, -0.2) is 22.6 Å². The number of carbonyl (C=O) groups is 1. The molecule has 2 aromatic heterocycles. The van der Waals surface area contributed by atoms with E-state index in [-0.39, 0.29) is 49.8 Å². The molecule has 2 aromatic carbocycles. The van der Waals surface area contributed by atoms with Crippen molar-refractivity contribution in [3.8, 4) is 22.4 Å². The molecule has 4 aromatic rings. The van der Waals surface area contributed by atoms with Crippen LogP contribution < -0.4 is 11.1 Å². The van der Waals surface area contributed by atoms with Gasteiger partial charge in [0.1, 0.15) is 33.8 Å². The highest BCUT2D eigenvalue weighted by molar-refractivity contribution is 7.80. The second-order valence-corrected chi connectivity index (χ2v) is 11.5. The maximum Gasteiger partial charge on any atom is 0.251 e. The van der Waals surface area contributed by atoms with Crippen molar-refractivity contribution >= 4 is 40.8 Å². The van der Waals surface area contributed by atoms with Crippen molar-refractivity contribution in [2.24, 2.45) is 10.7 Å². The number of nitrogens with one attached hydrogen (secondary N) is 1. The van der Waals surface area contributed by atoms with E-state index in [0.717, 1.165) is 17.7 Å². The predicted octanol–water partition coefficient (Wildman–Crippen LogP) is 7.47. The lowest BCUT2D eigenvalue weighted by atomic mass is 9.98. The number of aromatic nitrogens is 1. The number of rotatable bonds is 9. The van der Waals surface area contributed by atoms with Gasteiger partial charge in [0.15, 0.2) is 0 Å². The predicted molar refractivity (Wildman–Crippen MR) is 179 cm³/mol. The molecule has 0 unspecified atom stereocenters. The number of likely N-dealkylation sites (tertiary alicyclic amines) is 1. The summed E-state index contributed by atoms with van der Waals surface area (Å²) < 4.78 is 62.2. The Bertz CT molecular complexity index is 1920. The van der Waals surface area contributed by atoms with E-state index in [1.807, 2.05) is 6.07 Å². The molecule has 1 aliphatic rings. The van der Waals surface area contributed by atoms with E-state index in [4.69, 9.17) is 22.4 Å². The van der Waals surface area contributed by atoms with Crippen molar-refractivity contribution in [3.63, 3.8) is 0 Å². The summed E-state index contributed by atoms with van der Waals surface area (Å²) in [5, 5.41) is 3.36. The van der Waals surface area contributed by atoms with Crippen LogP contribution >= 0.6 is 12.2 Å². The summed E-state index contributed by atoms with van der Waals surface area (Å²) in [7, 11) is 0. The van der Waals surface area contributed by atoms with E-state index in [1.165, 1.54) is 12.1 Å². The summed E-state index contributed by atoms with van der Waals surface area (Å²) in [5.41, 5.74) is 8.95. The number of nitrogens with zero attached hydrogens (tertiary/aromatic N) is 3. The summed E-state index contributed by atoms with van der Waals surface area (Å²) in [6, 6.07) is 12.0. The molecule has 5 rings (SSSR count). The molecule has 0 bridgehead atoms. The van der Waals surface area contributed by atoms with E-state index in [2.05, 4.69) is 22.0 Å². The van der Waals surface area contributed by atoms with Crippen molar-refractivity contribution in [1.82, 2.24) is 15.2 Å². The molecule has 7 nitrogen and oxygen atoms in total. The Morgan fingerprint density at radius 2 is 1.87 bits per heavy atom. The lowest BCUT2D eigenvalue weighted by Gasteiger charge is -2.33. The van der Waals surface area contributed by atoms with E-state index in [0.29, 0.717) is 44.1 Å². The lowest BCUT2D eigenvalue weighted by molar-refractivity contribution is -0.116. The van der Waals surface area contributed by atoms with E-state index < -0.39 is 17.6 Å². The molecule has 3 N–H and O–H groups in total. The van der Waals surface area contributed by atoms with Gasteiger partial charge < -0.3 is 20.4 Å². The fraction of sp³-hybridized carbons (Fsp3) is 0.200. The van der Waals surface area contributed by atoms with E-state index in [9.17, 15) is 18.0 Å². The number of fused-ring (bicyclic) bond motifs is 1. The standard InChI is InChI=1S/C35H31F4N5O2S/c1-21(3-9-31(40)41-2)4-10-32(45)43-20-26-16-24-15-23(17-28(33(24)46-26)27-7-6-25(36)18-29(27)37)30-8-5-22(19-42-30)34(47)44-13-11-35(38,39)12-14-44/h3-10,15-19H,2,11-14,20,40H2,1H3,(H,43,45)/b10-4+,21-3+,31-9-. The molecule has 0 saturated carbocycles. The highest BCUT2D eigenvalue weighted by Crippen LogP contribution is 2.37. The smallest absolute Gasteiger partial charge is 0.251 e. The van der Waals surface area contributed by atoms with Crippen LogP contribution in [0.15, 0.2) is 99.8 Å². The first-order chi connectivity index (χ1) is 22.4. The van der Waals surface area contributed by atoms with Gasteiger partial charge >= 0.3 is 0 Å². The van der Waals surface area contributed by atoms with Crippen LogP contribution in [0.5, 0.6) is 0 Å². The third-order valence-corrected chi connectivity index (χ3v) is 8.10. The number of thiocarbonyl (C=S) groups is 1. The first-order valence-electron chi connectivity index (χ1n) is 14.6. The molecule has 0 aliphatic carbocycles. The Labute approximate surface area is 274 Å². The van der Waals surface area contributed by atoms with Gasteiger partial charge in [-0.3, -0.25) is 9.78 Å². The Morgan fingerprint density at radius 1 is 1.11 bits per heavy atom. The number of nitrogens with two attached hydrogens (primary N) is 1. The van der Waals surface area contributed by atoms with Gasteiger partial charge in [0.2, 0.25) is 5.91 Å². The molecule has 12 heteroatoms. The third-order valence-electron chi connectivity index (χ3n) is 7.61. The number of alkyl halides is 2. The van der Waals surface area contributed by atoms with Gasteiger partial charge in [-0.2, -0.15) is 0 Å². The quantitative estimate of drug-likeness (QED) is 0.0636. The Balaban J connectivity index is 1.41. The van der Waals surface area contributed by atoms with Crippen LogP contribution in [0.3, 0.4) is 0 Å². The molecular weight excluding hydrogens is 630 g/mol. The highest BCUT2D eigenvalue weighted by Gasteiger charge is 2.34. The number of halogens is 4. The molecule has 1 amide bonds. The van der Waals surface area contributed by atoms with Gasteiger partial charge in [0, 0.05) is 71.9 Å². The number of furan rings is 1. The number of aliphatic imine (C=N–C) groups is 1. The van der Waals surface area contributed by atoms with Gasteiger partial charge in [-0.15, -0.1) is 0 Å². The van der Waals surface area contributed by atoms with Crippen LogP contribution in [0.25, 0.3) is 33.4 Å². The van der Waals surface area contributed by atoms with Gasteiger partial charge in [-0.1, -0.05) is 29.9 Å². The molecule has 0 atom stereocenters. The third kappa shape index (κ3) is 8.20. The second-order valence-electron chi connectivity index (χ2n) is 11.1. The number of hydrogen-bond donors (Lipinski definition) is 2. The summed E-state index contributed by atoms with van der Waals surface area (Å²) in [6.45, 7) is 5.49. The summed E-state index contributed by atoms with van der Waals surface area (Å²) in [5.74, 6) is -3.90. The number of benzene rings is 2. The van der Waals surface area contributed by atoms with Crippen molar-refractivity contribution in [2.75, 3.05) is 13.1 Å². The Kier molecular flexibility index (Phi) is 10.00. The molecule has 47 heavy (non-hydrogen) atoms. The van der Waals surface area contributed by atoms with Gasteiger partial charge in [-0.05, 0) is 62.2 Å². The van der Waals surface area contributed by atoms with Crippen LogP contribution in [0.1, 0.15) is 31.1 Å². The fourth-order valence-corrected chi connectivity index (χ4v) is 5.33. The zero-order valence-electron chi connectivity index (χ0n) is 25.4. The normalized spacial score (nSPS) is 15.3. The maximum atomic E-state index is 15.0.